The molecule has 0 aliphatic heterocycles. The first-order valence-corrected chi connectivity index (χ1v) is 7.96. The minimum atomic E-state index is -0.172. The molecule has 0 N–H and O–H groups in total. The summed E-state index contributed by atoms with van der Waals surface area (Å²) in [6.45, 7) is 0.464. The molecule has 0 radical (unpaired) electrons. The van der Waals surface area contributed by atoms with Gasteiger partial charge in [0.15, 0.2) is 0 Å². The van der Waals surface area contributed by atoms with Gasteiger partial charge in [-0.25, -0.2) is 4.98 Å². The van der Waals surface area contributed by atoms with E-state index in [0.29, 0.717) is 18.0 Å². The summed E-state index contributed by atoms with van der Waals surface area (Å²) in [7, 11) is 1.51. The Hall–Kier alpha value is -2.73. The number of carbonyl (C=O) groups is 1. The van der Waals surface area contributed by atoms with Gasteiger partial charge in [0, 0.05) is 12.4 Å². The Morgan fingerprint density at radius 2 is 2.13 bits per heavy atom. The fourth-order valence-electron chi connectivity index (χ4n) is 2.22. The van der Waals surface area contributed by atoms with Crippen LogP contribution in [0.25, 0.3) is 0 Å². The van der Waals surface area contributed by atoms with Gasteiger partial charge < -0.3 is 9.64 Å². The number of carbonyl (C=O) groups excluding carboxylic acids is 1. The molecule has 23 heavy (non-hydrogen) atoms. The maximum atomic E-state index is 13.0. The quantitative estimate of drug-likeness (QED) is 0.721. The van der Waals surface area contributed by atoms with Gasteiger partial charge in [0.05, 0.1) is 25.5 Å². The molecule has 0 fully saturated rings. The van der Waals surface area contributed by atoms with Gasteiger partial charge in [-0.15, -0.1) is 0 Å². The Morgan fingerprint density at radius 1 is 1.26 bits per heavy atom. The normalized spacial score (nSPS) is 10.3. The molecule has 0 saturated heterocycles. The number of pyridine rings is 2. The number of methoxy groups -OCH3 is 1. The summed E-state index contributed by atoms with van der Waals surface area (Å²) in [4.78, 5) is 22.9. The molecule has 0 spiro atoms. The van der Waals surface area contributed by atoms with Crippen LogP contribution in [0.1, 0.15) is 15.9 Å². The summed E-state index contributed by atoms with van der Waals surface area (Å²) in [6.07, 6.45) is 4.96. The molecule has 0 aliphatic rings. The average molecular weight is 325 g/mol. The highest BCUT2D eigenvalue weighted by Crippen LogP contribution is 2.23. The van der Waals surface area contributed by atoms with Crippen molar-refractivity contribution in [1.29, 1.82) is 0 Å². The predicted molar refractivity (Wildman–Crippen MR) is 89.9 cm³/mol. The molecule has 5 nitrogen and oxygen atoms in total. The van der Waals surface area contributed by atoms with Crippen molar-refractivity contribution < 1.29 is 9.53 Å². The molecule has 0 unspecified atom stereocenters. The van der Waals surface area contributed by atoms with Crippen LogP contribution in [0.2, 0.25) is 0 Å². The summed E-state index contributed by atoms with van der Waals surface area (Å²) in [5.41, 5.74) is 2.22. The SMILES string of the molecule is COc1ncccc1C(=O)N(Cc1ccsc1)c1cccnc1. The van der Waals surface area contributed by atoms with Gasteiger partial charge in [0.1, 0.15) is 5.56 Å². The van der Waals surface area contributed by atoms with Crippen molar-refractivity contribution in [3.05, 3.63) is 70.8 Å². The van der Waals surface area contributed by atoms with Crippen molar-refractivity contribution in [1.82, 2.24) is 9.97 Å². The van der Waals surface area contributed by atoms with Crippen LogP contribution < -0.4 is 9.64 Å². The second kappa shape index (κ2) is 7.02. The maximum absolute atomic E-state index is 13.0. The maximum Gasteiger partial charge on any atom is 0.264 e. The smallest absolute Gasteiger partial charge is 0.264 e. The molecule has 3 rings (SSSR count). The fraction of sp³-hybridized carbons (Fsp3) is 0.118. The number of amides is 1. The molecule has 0 aromatic carbocycles. The van der Waals surface area contributed by atoms with Gasteiger partial charge in [-0.2, -0.15) is 11.3 Å². The van der Waals surface area contributed by atoms with Gasteiger partial charge in [0.2, 0.25) is 5.88 Å². The number of anilines is 1. The standard InChI is InChI=1S/C17H15N3O2S/c1-22-16-15(5-3-8-19-16)17(21)20(11-13-6-9-23-12-13)14-4-2-7-18-10-14/h2-10,12H,11H2,1H3. The van der Waals surface area contributed by atoms with E-state index in [1.807, 2.05) is 29.0 Å². The lowest BCUT2D eigenvalue weighted by atomic mass is 10.2. The number of hydrogen-bond donors (Lipinski definition) is 0. The monoisotopic (exact) mass is 325 g/mol. The van der Waals surface area contributed by atoms with E-state index in [-0.39, 0.29) is 5.91 Å². The molecule has 0 bridgehead atoms. The average Bonchev–Trinajstić information content (AvgIpc) is 3.13. The molecule has 1 amide bonds. The zero-order valence-electron chi connectivity index (χ0n) is 12.5. The minimum absolute atomic E-state index is 0.172. The lowest BCUT2D eigenvalue weighted by molar-refractivity contribution is 0.0981. The molecular weight excluding hydrogens is 310 g/mol. The van der Waals surface area contributed by atoms with Crippen molar-refractivity contribution in [2.75, 3.05) is 12.0 Å². The van der Waals surface area contributed by atoms with Crippen LogP contribution >= 0.6 is 11.3 Å². The van der Waals surface area contributed by atoms with E-state index >= 15 is 0 Å². The number of thiophene rings is 1. The Bertz CT molecular complexity index is 776. The van der Waals surface area contributed by atoms with E-state index in [0.717, 1.165) is 11.3 Å². The predicted octanol–water partition coefficient (Wildman–Crippen LogP) is 3.39. The van der Waals surface area contributed by atoms with Gasteiger partial charge in [-0.05, 0) is 46.7 Å². The number of rotatable bonds is 5. The molecule has 6 heteroatoms. The van der Waals surface area contributed by atoms with Crippen molar-refractivity contribution in [2.45, 2.75) is 6.54 Å². The van der Waals surface area contributed by atoms with Crippen molar-refractivity contribution in [3.8, 4) is 5.88 Å². The van der Waals surface area contributed by atoms with Gasteiger partial charge >= 0.3 is 0 Å². The highest BCUT2D eigenvalue weighted by Gasteiger charge is 2.22. The highest BCUT2D eigenvalue weighted by atomic mass is 32.1. The van der Waals surface area contributed by atoms with Gasteiger partial charge in [0.25, 0.3) is 5.91 Å². The molecule has 3 heterocycles. The largest absolute Gasteiger partial charge is 0.480 e. The fourth-order valence-corrected chi connectivity index (χ4v) is 2.88. The zero-order chi connectivity index (χ0) is 16.1. The third-order valence-electron chi connectivity index (χ3n) is 3.32. The van der Waals surface area contributed by atoms with E-state index in [4.69, 9.17) is 4.74 Å². The van der Waals surface area contributed by atoms with Gasteiger partial charge in [-0.3, -0.25) is 9.78 Å². The number of hydrogen-bond acceptors (Lipinski definition) is 5. The van der Waals surface area contributed by atoms with Crippen LogP contribution in [0.4, 0.5) is 5.69 Å². The van der Waals surface area contributed by atoms with Crippen LogP contribution in [0.15, 0.2) is 59.7 Å². The van der Waals surface area contributed by atoms with Crippen molar-refractivity contribution >= 4 is 22.9 Å². The second-order valence-electron chi connectivity index (χ2n) is 4.79. The molecular formula is C17H15N3O2S. The van der Waals surface area contributed by atoms with Crippen LogP contribution in [0.5, 0.6) is 5.88 Å². The summed E-state index contributed by atoms with van der Waals surface area (Å²) >= 11 is 1.60. The van der Waals surface area contributed by atoms with Crippen LogP contribution in [-0.4, -0.2) is 23.0 Å². The van der Waals surface area contributed by atoms with E-state index in [1.165, 1.54) is 7.11 Å². The molecule has 3 aromatic heterocycles. The Labute approximate surface area is 138 Å². The molecule has 116 valence electrons. The molecule has 0 aliphatic carbocycles. The summed E-state index contributed by atoms with van der Waals surface area (Å²) in [5, 5.41) is 4.02. The highest BCUT2D eigenvalue weighted by molar-refractivity contribution is 7.07. The van der Waals surface area contributed by atoms with Crippen molar-refractivity contribution in [3.63, 3.8) is 0 Å². The third-order valence-corrected chi connectivity index (χ3v) is 4.05. The Balaban J connectivity index is 1.99. The van der Waals surface area contributed by atoms with E-state index in [2.05, 4.69) is 9.97 Å². The lowest BCUT2D eigenvalue weighted by Crippen LogP contribution is -2.30. The van der Waals surface area contributed by atoms with E-state index in [9.17, 15) is 4.79 Å². The van der Waals surface area contributed by atoms with Crippen LogP contribution in [0.3, 0.4) is 0 Å². The summed E-state index contributed by atoms with van der Waals surface area (Å²) in [6, 6.07) is 9.11. The van der Waals surface area contributed by atoms with Crippen LogP contribution in [0, 0.1) is 0 Å². The first-order valence-electron chi connectivity index (χ1n) is 7.01. The summed E-state index contributed by atoms with van der Waals surface area (Å²) < 4.78 is 5.22. The zero-order valence-corrected chi connectivity index (χ0v) is 13.4. The minimum Gasteiger partial charge on any atom is -0.480 e. The molecule has 0 atom stereocenters. The number of nitrogens with zero attached hydrogens (tertiary/aromatic N) is 3. The third kappa shape index (κ3) is 3.37. The summed E-state index contributed by atoms with van der Waals surface area (Å²) in [5.74, 6) is 0.144. The van der Waals surface area contributed by atoms with Crippen molar-refractivity contribution in [2.24, 2.45) is 0 Å². The van der Waals surface area contributed by atoms with Gasteiger partial charge in [-0.1, -0.05) is 0 Å². The first kappa shape index (κ1) is 15.2. The Morgan fingerprint density at radius 3 is 2.83 bits per heavy atom. The number of aromatic nitrogens is 2. The lowest BCUT2D eigenvalue weighted by Gasteiger charge is -2.22. The van der Waals surface area contributed by atoms with Crippen LogP contribution in [-0.2, 0) is 6.54 Å². The topological polar surface area (TPSA) is 55.3 Å². The van der Waals surface area contributed by atoms with E-state index < -0.39 is 0 Å². The molecule has 3 aromatic rings. The first-order chi connectivity index (χ1) is 11.3. The molecule has 0 saturated carbocycles. The second-order valence-corrected chi connectivity index (χ2v) is 5.57. The Kier molecular flexibility index (Phi) is 4.63. The van der Waals surface area contributed by atoms with E-state index in [1.54, 1.807) is 47.0 Å². The number of ether oxygens (including phenoxy) is 1.